The molecule has 3 rings (SSSR count). The van der Waals surface area contributed by atoms with Crippen LogP contribution >= 0.6 is 35.2 Å². The highest BCUT2D eigenvalue weighted by atomic mass is 32.2. The fourth-order valence-electron chi connectivity index (χ4n) is 4.53. The Kier molecular flexibility index (Phi) is 16.2. The van der Waals surface area contributed by atoms with Crippen LogP contribution in [0.4, 0.5) is 5.82 Å². The molecule has 8 atom stereocenters. The van der Waals surface area contributed by atoms with Gasteiger partial charge in [-0.05, 0) is 6.92 Å². The van der Waals surface area contributed by atoms with E-state index in [0.717, 1.165) is 24.1 Å². The number of ketones is 1. The molecular weight excluding hydrogens is 827 g/mol. The van der Waals surface area contributed by atoms with Gasteiger partial charge in [-0.25, -0.2) is 28.6 Å². The highest BCUT2D eigenvalue weighted by Gasteiger charge is 2.50. The van der Waals surface area contributed by atoms with Crippen LogP contribution in [0.15, 0.2) is 12.7 Å². The largest absolute Gasteiger partial charge is 0.481 e. The highest BCUT2D eigenvalue weighted by Crippen LogP contribution is 2.61. The average Bonchev–Trinajstić information content (AvgIpc) is 3.64. The maximum atomic E-state index is 12.6. The number of phosphoric acid groups is 3. The van der Waals surface area contributed by atoms with E-state index >= 15 is 0 Å². The molecule has 1 saturated heterocycles. The molecule has 3 heterocycles. The van der Waals surface area contributed by atoms with Gasteiger partial charge in [0.2, 0.25) is 16.9 Å². The molecule has 2 aromatic heterocycles. The van der Waals surface area contributed by atoms with E-state index in [9.17, 15) is 67.8 Å². The molecule has 2 amide bonds. The molecule has 310 valence electrons. The maximum absolute atomic E-state index is 12.6. The predicted octanol–water partition coefficient (Wildman–Crippen LogP) is -2.39. The molecule has 3 unspecified atom stereocenters. The zero-order valence-corrected chi connectivity index (χ0v) is 32.5. The Bertz CT molecular complexity index is 1860. The second kappa shape index (κ2) is 19.1. The number of nitrogens with zero attached hydrogens (tertiary/aromatic N) is 4. The molecule has 0 spiro atoms. The van der Waals surface area contributed by atoms with Gasteiger partial charge in [-0.1, -0.05) is 25.6 Å². The summed E-state index contributed by atoms with van der Waals surface area (Å²) in [6.07, 6.45) is -8.91. The second-order valence-electron chi connectivity index (χ2n) is 12.3. The SMILES string of the molecule is CC(=O)C(O)C(=O)SCCNC(=O)CCNC(=O)[C@H](O)C(C)(C)COP(=O)(O)OP(=O)(O)OC[C@H]1O[C@@H](n2cnc3c(N)ncnc32)[C@H](O)[C@@H]1OP(=O)(O)O. The fourth-order valence-corrected chi connectivity index (χ4v) is 8.08. The number of hydrogen-bond donors (Lipinski definition) is 10. The van der Waals surface area contributed by atoms with Gasteiger partial charge in [0, 0.05) is 30.7 Å². The number of hydrogen-bond acceptors (Lipinski definition) is 20. The third-order valence-corrected chi connectivity index (χ3v) is 11.4. The molecule has 0 radical (unpaired) electrons. The number of carbonyl (C=O) groups excluding carboxylic acids is 4. The lowest BCUT2D eigenvalue weighted by Crippen LogP contribution is -2.46. The Morgan fingerprint density at radius 1 is 1.04 bits per heavy atom. The average molecular weight is 868 g/mol. The minimum Gasteiger partial charge on any atom is -0.386 e. The molecule has 0 bridgehead atoms. The maximum Gasteiger partial charge on any atom is 0.481 e. The van der Waals surface area contributed by atoms with Crippen molar-refractivity contribution in [3.8, 4) is 0 Å². The number of phosphoric ester groups is 3. The minimum absolute atomic E-state index is 0.00422. The van der Waals surface area contributed by atoms with Gasteiger partial charge in [0.1, 0.15) is 36.3 Å². The molecule has 2 aromatic rings. The van der Waals surface area contributed by atoms with E-state index in [-0.39, 0.29) is 42.2 Å². The number of imidazole rings is 1. The van der Waals surface area contributed by atoms with Gasteiger partial charge in [-0.3, -0.25) is 37.3 Å². The number of amides is 2. The number of ether oxygens (including phenoxy) is 1. The van der Waals surface area contributed by atoms with Gasteiger partial charge in [-0.2, -0.15) is 4.31 Å². The van der Waals surface area contributed by atoms with E-state index in [4.69, 9.17) is 19.5 Å². The van der Waals surface area contributed by atoms with Gasteiger partial charge in [-0.15, -0.1) is 0 Å². The molecule has 26 nitrogen and oxygen atoms in total. The number of aliphatic hydroxyl groups is 3. The van der Waals surface area contributed by atoms with Crippen molar-refractivity contribution >= 4 is 74.9 Å². The van der Waals surface area contributed by atoms with Crippen molar-refractivity contribution in [2.75, 3.05) is 37.8 Å². The Labute approximate surface area is 314 Å². The lowest BCUT2D eigenvalue weighted by atomic mass is 9.87. The van der Waals surface area contributed by atoms with E-state index in [2.05, 4.69) is 34.4 Å². The standard InChI is InChI=1S/C25H40N7O19P3S/c1-12(33)16(35)24(39)55-7-6-27-14(34)4-5-28-22(38)19(37)25(2,3)9-48-54(45,46)51-53(43,44)47-8-13-18(50-52(40,41)42)17(36)23(49-13)32-11-31-15-20(26)29-10-30-21(15)32/h10-11,13,16-19,23,35-37H,4-9H2,1-3H3,(H,27,34)(H,28,38)(H,43,44)(H,45,46)(H2,26,29,30)(H2,40,41,42)/t13-,16?,17-,18-,19+,23-/m1/s1. The summed E-state index contributed by atoms with van der Waals surface area (Å²) in [7, 11) is -16.4. The van der Waals surface area contributed by atoms with Crippen LogP contribution in [0.25, 0.3) is 11.2 Å². The molecule has 0 aliphatic carbocycles. The van der Waals surface area contributed by atoms with Crippen LogP contribution in [0.1, 0.15) is 33.4 Å². The number of rotatable bonds is 21. The third-order valence-electron chi connectivity index (χ3n) is 7.35. The number of Topliss-reactive ketones (excluding diaryl/α,β-unsaturated/α-hetero) is 1. The lowest BCUT2D eigenvalue weighted by Gasteiger charge is -2.30. The number of fused-ring (bicyclic) bond motifs is 1. The van der Waals surface area contributed by atoms with E-state index < -0.39 is 102 Å². The van der Waals surface area contributed by atoms with Crippen molar-refractivity contribution in [1.29, 1.82) is 0 Å². The number of anilines is 1. The van der Waals surface area contributed by atoms with Gasteiger partial charge in [0.15, 0.2) is 29.6 Å². The number of carbonyl (C=O) groups is 4. The number of aliphatic hydroxyl groups excluding tert-OH is 3. The van der Waals surface area contributed by atoms with Gasteiger partial charge >= 0.3 is 23.5 Å². The molecule has 1 fully saturated rings. The Morgan fingerprint density at radius 3 is 2.33 bits per heavy atom. The first-order chi connectivity index (χ1) is 25.3. The summed E-state index contributed by atoms with van der Waals surface area (Å²) in [5.41, 5.74) is 4.18. The predicted molar refractivity (Wildman–Crippen MR) is 184 cm³/mol. The number of nitrogen functional groups attached to an aromatic ring is 1. The van der Waals surface area contributed by atoms with Crippen molar-refractivity contribution < 1.29 is 90.4 Å². The molecule has 1 aliphatic heterocycles. The number of aromatic nitrogens is 4. The summed E-state index contributed by atoms with van der Waals surface area (Å²) in [6, 6.07) is 0. The van der Waals surface area contributed by atoms with Gasteiger partial charge < -0.3 is 56.0 Å². The zero-order chi connectivity index (χ0) is 41.5. The quantitative estimate of drug-likeness (QED) is 0.0355. The molecular formula is C25H40N7O19P3S. The van der Waals surface area contributed by atoms with Crippen molar-refractivity contribution in [2.45, 2.75) is 63.9 Å². The van der Waals surface area contributed by atoms with Crippen LogP contribution in [0.5, 0.6) is 0 Å². The van der Waals surface area contributed by atoms with Crippen LogP contribution in [0.3, 0.4) is 0 Å². The third kappa shape index (κ3) is 13.7. The van der Waals surface area contributed by atoms with Crippen LogP contribution in [0.2, 0.25) is 0 Å². The minimum atomic E-state index is -5.59. The van der Waals surface area contributed by atoms with E-state index in [0.29, 0.717) is 11.8 Å². The molecule has 1 aliphatic rings. The Hall–Kier alpha value is -2.81. The first-order valence-electron chi connectivity index (χ1n) is 15.6. The highest BCUT2D eigenvalue weighted by molar-refractivity contribution is 8.13. The second-order valence-corrected chi connectivity index (χ2v) is 17.6. The van der Waals surface area contributed by atoms with Crippen molar-refractivity contribution in [1.82, 2.24) is 30.2 Å². The molecule has 0 saturated carbocycles. The number of thioether (sulfide) groups is 1. The number of nitrogens with two attached hydrogens (primary N) is 1. The Balaban J connectivity index is 1.50. The lowest BCUT2D eigenvalue weighted by molar-refractivity contribution is -0.137. The first kappa shape index (κ1) is 46.6. The van der Waals surface area contributed by atoms with Crippen molar-refractivity contribution in [3.05, 3.63) is 12.7 Å². The first-order valence-corrected chi connectivity index (χ1v) is 21.1. The fraction of sp³-hybridized carbons (Fsp3) is 0.640. The zero-order valence-electron chi connectivity index (χ0n) is 29.0. The molecule has 30 heteroatoms. The summed E-state index contributed by atoms with van der Waals surface area (Å²) in [4.78, 5) is 97.9. The molecule has 11 N–H and O–H groups in total. The van der Waals surface area contributed by atoms with Crippen molar-refractivity contribution in [3.63, 3.8) is 0 Å². The summed E-state index contributed by atoms with van der Waals surface area (Å²) in [6.45, 7) is 1.12. The smallest absolute Gasteiger partial charge is 0.386 e. The van der Waals surface area contributed by atoms with Gasteiger partial charge in [0.25, 0.3) is 0 Å². The van der Waals surface area contributed by atoms with Gasteiger partial charge in [0.05, 0.1) is 19.5 Å². The summed E-state index contributed by atoms with van der Waals surface area (Å²) < 4.78 is 61.9. The van der Waals surface area contributed by atoms with E-state index in [1.54, 1.807) is 0 Å². The van der Waals surface area contributed by atoms with Crippen LogP contribution in [-0.2, 0) is 55.5 Å². The normalized spacial score (nSPS) is 22.4. The van der Waals surface area contributed by atoms with E-state index in [1.807, 2.05) is 0 Å². The summed E-state index contributed by atoms with van der Waals surface area (Å²) in [5, 5.41) is 34.7. The summed E-state index contributed by atoms with van der Waals surface area (Å²) in [5.74, 6) is -2.31. The van der Waals surface area contributed by atoms with Crippen LogP contribution < -0.4 is 16.4 Å². The van der Waals surface area contributed by atoms with Crippen LogP contribution in [-0.4, -0.2) is 140 Å². The van der Waals surface area contributed by atoms with E-state index in [1.165, 1.54) is 13.8 Å². The van der Waals surface area contributed by atoms with Crippen LogP contribution in [0, 0.1) is 5.41 Å². The monoisotopic (exact) mass is 867 g/mol. The molecule has 55 heavy (non-hydrogen) atoms. The summed E-state index contributed by atoms with van der Waals surface area (Å²) >= 11 is 0.636. The van der Waals surface area contributed by atoms with Crippen molar-refractivity contribution in [2.24, 2.45) is 5.41 Å². The number of nitrogens with one attached hydrogen (secondary N) is 2. The molecule has 0 aromatic carbocycles. The Morgan fingerprint density at radius 2 is 1.69 bits per heavy atom. The topological polar surface area (TPSA) is 401 Å².